The SMILES string of the molecule is CC(CCC[Si](C)(O[Si](C)(C)C)O[Si](C)(C)C)c1ccccc1. The van der Waals surface area contributed by atoms with Gasteiger partial charge in [0.25, 0.3) is 0 Å². The molecule has 0 heterocycles. The smallest absolute Gasteiger partial charge is 0.314 e. The van der Waals surface area contributed by atoms with Crippen LogP contribution >= 0.6 is 0 Å². The van der Waals surface area contributed by atoms with Gasteiger partial charge in [0.05, 0.1) is 0 Å². The summed E-state index contributed by atoms with van der Waals surface area (Å²) in [6, 6.07) is 11.9. The van der Waals surface area contributed by atoms with Crippen LogP contribution in [0.25, 0.3) is 0 Å². The summed E-state index contributed by atoms with van der Waals surface area (Å²) in [5.74, 6) is 0.605. The molecule has 0 aliphatic rings. The molecule has 1 aromatic carbocycles. The minimum absolute atomic E-state index is 0.605. The minimum atomic E-state index is -2.06. The molecule has 1 unspecified atom stereocenters. The number of rotatable bonds is 9. The minimum Gasteiger partial charge on any atom is -0.437 e. The Morgan fingerprint density at radius 3 is 1.74 bits per heavy atom. The average molecular weight is 369 g/mol. The molecular weight excluding hydrogens is 332 g/mol. The van der Waals surface area contributed by atoms with Crippen LogP contribution in [0, 0.1) is 0 Å². The zero-order valence-electron chi connectivity index (χ0n) is 16.4. The molecule has 0 saturated heterocycles. The second kappa shape index (κ2) is 8.25. The van der Waals surface area contributed by atoms with E-state index in [2.05, 4.69) is 83.1 Å². The van der Waals surface area contributed by atoms with Gasteiger partial charge in [-0.1, -0.05) is 43.7 Å². The molecule has 23 heavy (non-hydrogen) atoms. The third-order valence-electron chi connectivity index (χ3n) is 3.68. The van der Waals surface area contributed by atoms with Gasteiger partial charge in [0.15, 0.2) is 16.6 Å². The van der Waals surface area contributed by atoms with Crippen molar-refractivity contribution >= 4 is 25.2 Å². The third kappa shape index (κ3) is 9.00. The average Bonchev–Trinajstić information content (AvgIpc) is 2.34. The first-order valence-corrected chi connectivity index (χ1v) is 18.2. The maximum absolute atomic E-state index is 6.58. The quantitative estimate of drug-likeness (QED) is 0.473. The van der Waals surface area contributed by atoms with Crippen LogP contribution in [0.3, 0.4) is 0 Å². The predicted octanol–water partition coefficient (Wildman–Crippen LogP) is 6.35. The molecule has 0 bridgehead atoms. The summed E-state index contributed by atoms with van der Waals surface area (Å²) in [7, 11) is -5.21. The van der Waals surface area contributed by atoms with Crippen LogP contribution in [0.2, 0.25) is 51.9 Å². The summed E-state index contributed by atoms with van der Waals surface area (Å²) in [6.45, 7) is 18.3. The highest BCUT2D eigenvalue weighted by molar-refractivity contribution is 6.87. The van der Waals surface area contributed by atoms with Crippen molar-refractivity contribution < 1.29 is 8.23 Å². The molecule has 0 aliphatic heterocycles. The number of hydrogen-bond donors (Lipinski definition) is 0. The van der Waals surface area contributed by atoms with Crippen LogP contribution in [0.4, 0.5) is 0 Å². The van der Waals surface area contributed by atoms with Crippen LogP contribution in [-0.2, 0) is 8.23 Å². The second-order valence-electron chi connectivity index (χ2n) is 8.77. The normalized spacial score (nSPS) is 14.8. The highest BCUT2D eigenvalue weighted by Gasteiger charge is 2.39. The molecule has 0 saturated carbocycles. The Kier molecular flexibility index (Phi) is 7.47. The van der Waals surface area contributed by atoms with Crippen LogP contribution < -0.4 is 0 Å². The zero-order chi connectivity index (χ0) is 17.7. The van der Waals surface area contributed by atoms with Crippen LogP contribution in [0.1, 0.15) is 31.2 Å². The van der Waals surface area contributed by atoms with E-state index in [1.807, 2.05) is 0 Å². The summed E-state index contributed by atoms with van der Waals surface area (Å²) in [4.78, 5) is 0. The molecular formula is C18H36O2Si3. The van der Waals surface area contributed by atoms with E-state index in [1.165, 1.54) is 18.4 Å². The fourth-order valence-electron chi connectivity index (χ4n) is 3.10. The van der Waals surface area contributed by atoms with E-state index in [0.29, 0.717) is 5.92 Å². The van der Waals surface area contributed by atoms with Crippen molar-refractivity contribution in [3.63, 3.8) is 0 Å². The van der Waals surface area contributed by atoms with E-state index >= 15 is 0 Å². The van der Waals surface area contributed by atoms with Gasteiger partial charge in [-0.2, -0.15) is 0 Å². The highest BCUT2D eigenvalue weighted by atomic mass is 28.5. The lowest BCUT2D eigenvalue weighted by molar-refractivity contribution is 0.379. The van der Waals surface area contributed by atoms with Crippen LogP contribution in [0.5, 0.6) is 0 Å². The standard InChI is InChI=1S/C18H36O2Si3/c1-17(18-14-10-9-11-15-18)13-12-16-23(8,19-21(2,3)4)20-22(5,6)7/h9-11,14-15,17H,12-13,16H2,1-8H3. The molecule has 0 spiro atoms. The molecule has 0 aromatic heterocycles. The lowest BCUT2D eigenvalue weighted by Gasteiger charge is -2.38. The Balaban J connectivity index is 2.63. The second-order valence-corrected chi connectivity index (χ2v) is 21.6. The van der Waals surface area contributed by atoms with Gasteiger partial charge in [0, 0.05) is 0 Å². The molecule has 0 N–H and O–H groups in total. The molecule has 5 heteroatoms. The Morgan fingerprint density at radius 1 is 0.826 bits per heavy atom. The van der Waals surface area contributed by atoms with E-state index in [0.717, 1.165) is 6.04 Å². The van der Waals surface area contributed by atoms with Gasteiger partial charge in [-0.25, -0.2) is 0 Å². The molecule has 132 valence electrons. The molecule has 1 atom stereocenters. The summed E-state index contributed by atoms with van der Waals surface area (Å²) < 4.78 is 13.2. The van der Waals surface area contributed by atoms with Crippen molar-refractivity contribution in [3.8, 4) is 0 Å². The van der Waals surface area contributed by atoms with Crippen molar-refractivity contribution in [1.29, 1.82) is 0 Å². The molecule has 1 rings (SSSR count). The maximum atomic E-state index is 6.58. The summed E-state index contributed by atoms with van der Waals surface area (Å²) in [5.41, 5.74) is 1.44. The van der Waals surface area contributed by atoms with Crippen molar-refractivity contribution in [1.82, 2.24) is 0 Å². The number of hydrogen-bond acceptors (Lipinski definition) is 2. The largest absolute Gasteiger partial charge is 0.437 e. The summed E-state index contributed by atoms with van der Waals surface area (Å²) in [5, 5.41) is 0. The van der Waals surface area contributed by atoms with E-state index in [4.69, 9.17) is 8.23 Å². The fourth-order valence-corrected chi connectivity index (χ4v) is 15.7. The summed E-state index contributed by atoms with van der Waals surface area (Å²) >= 11 is 0. The molecule has 0 fully saturated rings. The Hall–Kier alpha value is -0.209. The van der Waals surface area contributed by atoms with Crippen molar-refractivity contribution in [2.75, 3.05) is 0 Å². The predicted molar refractivity (Wildman–Crippen MR) is 109 cm³/mol. The molecule has 1 aromatic rings. The molecule has 0 aliphatic carbocycles. The fraction of sp³-hybridized carbons (Fsp3) is 0.667. The monoisotopic (exact) mass is 368 g/mol. The summed E-state index contributed by atoms with van der Waals surface area (Å²) in [6.07, 6.45) is 2.39. The first kappa shape index (κ1) is 20.8. The van der Waals surface area contributed by atoms with Gasteiger partial charge in [-0.15, -0.1) is 0 Å². The van der Waals surface area contributed by atoms with Gasteiger partial charge in [-0.3, -0.25) is 0 Å². The van der Waals surface area contributed by atoms with Crippen molar-refractivity contribution in [2.24, 2.45) is 0 Å². The van der Waals surface area contributed by atoms with E-state index in [9.17, 15) is 0 Å². The zero-order valence-corrected chi connectivity index (χ0v) is 19.4. The maximum Gasteiger partial charge on any atom is 0.314 e. The highest BCUT2D eigenvalue weighted by Crippen LogP contribution is 2.28. The lowest BCUT2D eigenvalue weighted by atomic mass is 9.97. The van der Waals surface area contributed by atoms with Gasteiger partial charge >= 0.3 is 8.56 Å². The Labute approximate surface area is 147 Å². The Morgan fingerprint density at radius 2 is 1.30 bits per heavy atom. The van der Waals surface area contributed by atoms with Gasteiger partial charge < -0.3 is 8.23 Å². The van der Waals surface area contributed by atoms with E-state index < -0.39 is 25.2 Å². The molecule has 2 nitrogen and oxygen atoms in total. The first-order chi connectivity index (χ1) is 10.4. The van der Waals surface area contributed by atoms with Gasteiger partial charge in [0.1, 0.15) is 0 Å². The molecule has 0 amide bonds. The van der Waals surface area contributed by atoms with Crippen LogP contribution in [0.15, 0.2) is 30.3 Å². The third-order valence-corrected chi connectivity index (χ3v) is 13.3. The lowest BCUT2D eigenvalue weighted by Crippen LogP contribution is -2.52. The van der Waals surface area contributed by atoms with Gasteiger partial charge in [0.2, 0.25) is 0 Å². The van der Waals surface area contributed by atoms with E-state index in [-0.39, 0.29) is 0 Å². The van der Waals surface area contributed by atoms with Gasteiger partial charge in [-0.05, 0) is 69.8 Å². The van der Waals surface area contributed by atoms with Crippen LogP contribution in [-0.4, -0.2) is 25.2 Å². The first-order valence-electron chi connectivity index (χ1n) is 8.86. The number of benzene rings is 1. The van der Waals surface area contributed by atoms with E-state index in [1.54, 1.807) is 0 Å². The molecule has 0 radical (unpaired) electrons. The Bertz CT molecular complexity index is 447. The van der Waals surface area contributed by atoms with Crippen molar-refractivity contribution in [3.05, 3.63) is 35.9 Å². The topological polar surface area (TPSA) is 18.5 Å². The van der Waals surface area contributed by atoms with Crippen molar-refractivity contribution in [2.45, 2.75) is 77.6 Å².